The van der Waals surface area contributed by atoms with Crippen molar-refractivity contribution in [2.45, 2.75) is 92.9 Å². The molecule has 1 amide bonds. The SMILES string of the molecule is CCC1CCCN1Cc1ccc2c(c1)nc(CN(C(=O)c1c(C)cc(C)cc1C)C(C)C)n2-c1ccc(C)cc1. The molecule has 0 saturated carbocycles. The first-order valence-corrected chi connectivity index (χ1v) is 14.9. The molecule has 1 aliphatic rings. The van der Waals surface area contributed by atoms with Gasteiger partial charge in [-0.3, -0.25) is 14.3 Å². The molecule has 1 aromatic heterocycles. The van der Waals surface area contributed by atoms with E-state index in [-0.39, 0.29) is 11.9 Å². The Labute approximate surface area is 239 Å². The molecule has 1 fully saturated rings. The van der Waals surface area contributed by atoms with E-state index in [0.717, 1.165) is 45.8 Å². The van der Waals surface area contributed by atoms with Gasteiger partial charge < -0.3 is 4.90 Å². The average molecular weight is 537 g/mol. The van der Waals surface area contributed by atoms with Crippen LogP contribution in [0.4, 0.5) is 0 Å². The Morgan fingerprint density at radius 1 is 0.975 bits per heavy atom. The van der Waals surface area contributed by atoms with Gasteiger partial charge in [0.2, 0.25) is 0 Å². The van der Waals surface area contributed by atoms with Gasteiger partial charge in [-0.25, -0.2) is 4.98 Å². The molecule has 2 heterocycles. The molecule has 0 N–H and O–H groups in total. The van der Waals surface area contributed by atoms with Gasteiger partial charge in [-0.15, -0.1) is 0 Å². The summed E-state index contributed by atoms with van der Waals surface area (Å²) >= 11 is 0. The summed E-state index contributed by atoms with van der Waals surface area (Å²) < 4.78 is 2.24. The number of carbonyl (C=O) groups excluding carboxylic acids is 1. The van der Waals surface area contributed by atoms with Gasteiger partial charge in [0.15, 0.2) is 0 Å². The van der Waals surface area contributed by atoms with Crippen molar-refractivity contribution in [3.8, 4) is 5.69 Å². The number of likely N-dealkylation sites (tertiary alicyclic amines) is 1. The monoisotopic (exact) mass is 536 g/mol. The number of hydrogen-bond donors (Lipinski definition) is 0. The maximum Gasteiger partial charge on any atom is 0.255 e. The lowest BCUT2D eigenvalue weighted by Gasteiger charge is -2.28. The zero-order chi connectivity index (χ0) is 28.6. The molecule has 5 rings (SSSR count). The number of aromatic nitrogens is 2. The predicted octanol–water partition coefficient (Wildman–Crippen LogP) is 7.68. The Kier molecular flexibility index (Phi) is 8.14. The molecule has 1 atom stereocenters. The van der Waals surface area contributed by atoms with Crippen LogP contribution in [0.25, 0.3) is 16.7 Å². The van der Waals surface area contributed by atoms with Crippen molar-refractivity contribution in [1.82, 2.24) is 19.4 Å². The van der Waals surface area contributed by atoms with Gasteiger partial charge in [0.25, 0.3) is 5.91 Å². The summed E-state index contributed by atoms with van der Waals surface area (Å²) in [5, 5.41) is 0. The summed E-state index contributed by atoms with van der Waals surface area (Å²) in [6, 6.07) is 20.2. The van der Waals surface area contributed by atoms with Crippen LogP contribution in [0.1, 0.15) is 84.0 Å². The highest BCUT2D eigenvalue weighted by molar-refractivity contribution is 5.97. The van der Waals surface area contributed by atoms with Crippen LogP contribution in [0.5, 0.6) is 0 Å². The fraction of sp³-hybridized carbons (Fsp3) is 0.429. The van der Waals surface area contributed by atoms with Crippen molar-refractivity contribution in [3.05, 3.63) is 93.8 Å². The van der Waals surface area contributed by atoms with E-state index >= 15 is 0 Å². The number of fused-ring (bicyclic) bond motifs is 1. The quantitative estimate of drug-likeness (QED) is 0.232. The number of imidazole rings is 1. The van der Waals surface area contributed by atoms with Crippen molar-refractivity contribution >= 4 is 16.9 Å². The normalized spacial score (nSPS) is 15.8. The summed E-state index contributed by atoms with van der Waals surface area (Å²) in [7, 11) is 0. The molecule has 40 heavy (non-hydrogen) atoms. The highest BCUT2D eigenvalue weighted by Crippen LogP contribution is 2.28. The smallest absolute Gasteiger partial charge is 0.255 e. The van der Waals surface area contributed by atoms with Crippen LogP contribution in [0.2, 0.25) is 0 Å². The minimum Gasteiger partial charge on any atom is -0.329 e. The Hall–Kier alpha value is -3.44. The average Bonchev–Trinajstić information content (AvgIpc) is 3.50. The van der Waals surface area contributed by atoms with E-state index in [0.29, 0.717) is 12.6 Å². The third-order valence-corrected chi connectivity index (χ3v) is 8.52. The largest absolute Gasteiger partial charge is 0.329 e. The summed E-state index contributed by atoms with van der Waals surface area (Å²) in [6.07, 6.45) is 3.78. The van der Waals surface area contributed by atoms with Crippen molar-refractivity contribution in [2.75, 3.05) is 6.54 Å². The molecule has 0 spiro atoms. The summed E-state index contributed by atoms with van der Waals surface area (Å²) in [5.74, 6) is 0.945. The fourth-order valence-corrected chi connectivity index (χ4v) is 6.46. The summed E-state index contributed by atoms with van der Waals surface area (Å²) in [4.78, 5) is 23.8. The van der Waals surface area contributed by atoms with E-state index in [4.69, 9.17) is 4.98 Å². The zero-order valence-electron chi connectivity index (χ0n) is 25.3. The number of aryl methyl sites for hydroxylation is 4. The van der Waals surface area contributed by atoms with E-state index in [1.54, 1.807) is 0 Å². The van der Waals surface area contributed by atoms with Gasteiger partial charge in [0, 0.05) is 29.9 Å². The number of carbonyl (C=O) groups is 1. The first kappa shape index (κ1) is 28.1. The van der Waals surface area contributed by atoms with Crippen LogP contribution in [-0.2, 0) is 13.1 Å². The number of nitrogens with zero attached hydrogens (tertiary/aromatic N) is 4. The molecule has 0 radical (unpaired) electrons. The number of amides is 1. The lowest BCUT2D eigenvalue weighted by atomic mass is 9.98. The van der Waals surface area contributed by atoms with Crippen LogP contribution in [0.15, 0.2) is 54.6 Å². The first-order chi connectivity index (χ1) is 19.2. The molecule has 5 nitrogen and oxygen atoms in total. The van der Waals surface area contributed by atoms with E-state index in [1.165, 1.54) is 42.5 Å². The Bertz CT molecular complexity index is 1490. The Morgan fingerprint density at radius 3 is 2.33 bits per heavy atom. The second-order valence-electron chi connectivity index (χ2n) is 12.0. The number of rotatable bonds is 8. The van der Waals surface area contributed by atoms with Crippen molar-refractivity contribution in [2.24, 2.45) is 0 Å². The molecule has 1 aliphatic heterocycles. The molecular weight excluding hydrogens is 492 g/mol. The number of benzene rings is 3. The van der Waals surface area contributed by atoms with Gasteiger partial charge in [-0.2, -0.15) is 0 Å². The Balaban J connectivity index is 1.56. The summed E-state index contributed by atoms with van der Waals surface area (Å²) in [6.45, 7) is 17.3. The molecule has 1 saturated heterocycles. The second-order valence-corrected chi connectivity index (χ2v) is 12.0. The molecule has 4 aromatic rings. The second kappa shape index (κ2) is 11.6. The number of hydrogen-bond acceptors (Lipinski definition) is 3. The van der Waals surface area contributed by atoms with Gasteiger partial charge in [0.1, 0.15) is 5.82 Å². The van der Waals surface area contributed by atoms with Gasteiger partial charge in [0.05, 0.1) is 17.6 Å². The van der Waals surface area contributed by atoms with Crippen LogP contribution in [-0.4, -0.2) is 43.9 Å². The van der Waals surface area contributed by atoms with Crippen LogP contribution in [0.3, 0.4) is 0 Å². The lowest BCUT2D eigenvalue weighted by Crippen LogP contribution is -2.38. The van der Waals surface area contributed by atoms with E-state index < -0.39 is 0 Å². The minimum absolute atomic E-state index is 0.0237. The molecule has 3 aromatic carbocycles. The predicted molar refractivity (Wildman–Crippen MR) is 165 cm³/mol. The lowest BCUT2D eigenvalue weighted by molar-refractivity contribution is 0.0683. The zero-order valence-corrected chi connectivity index (χ0v) is 25.3. The molecule has 210 valence electrons. The van der Waals surface area contributed by atoms with Gasteiger partial charge in [-0.05, 0) is 108 Å². The fourth-order valence-electron chi connectivity index (χ4n) is 6.46. The van der Waals surface area contributed by atoms with Crippen LogP contribution in [0, 0.1) is 27.7 Å². The van der Waals surface area contributed by atoms with E-state index in [9.17, 15) is 4.79 Å². The Morgan fingerprint density at radius 2 is 1.68 bits per heavy atom. The standard InChI is InChI=1S/C35H44N4O/c1-8-29-10-9-17-37(29)21-28-13-16-32-31(20-28)36-33(39(32)30-14-11-24(4)12-15-30)22-38(23(2)3)35(40)34-26(6)18-25(5)19-27(34)7/h11-16,18-20,23,29H,8-10,17,21-22H2,1-7H3. The van der Waals surface area contributed by atoms with Crippen LogP contribution >= 0.6 is 0 Å². The van der Waals surface area contributed by atoms with Crippen molar-refractivity contribution in [1.29, 1.82) is 0 Å². The molecule has 5 heteroatoms. The topological polar surface area (TPSA) is 41.4 Å². The van der Waals surface area contributed by atoms with Crippen molar-refractivity contribution in [3.63, 3.8) is 0 Å². The molecule has 0 aliphatic carbocycles. The van der Waals surface area contributed by atoms with Crippen LogP contribution < -0.4 is 0 Å². The first-order valence-electron chi connectivity index (χ1n) is 14.9. The van der Waals surface area contributed by atoms with E-state index in [1.807, 2.05) is 18.7 Å². The highest BCUT2D eigenvalue weighted by atomic mass is 16.2. The summed E-state index contributed by atoms with van der Waals surface area (Å²) in [5.41, 5.74) is 9.69. The minimum atomic E-state index is 0.0237. The molecular formula is C35H44N4O. The molecule has 0 bridgehead atoms. The van der Waals surface area contributed by atoms with Gasteiger partial charge in [-0.1, -0.05) is 48.4 Å². The highest BCUT2D eigenvalue weighted by Gasteiger charge is 2.26. The molecule has 1 unspecified atom stereocenters. The maximum absolute atomic E-state index is 14.0. The van der Waals surface area contributed by atoms with E-state index in [2.05, 4.69) is 98.7 Å². The van der Waals surface area contributed by atoms with Crippen molar-refractivity contribution < 1.29 is 4.79 Å². The van der Waals surface area contributed by atoms with Gasteiger partial charge >= 0.3 is 0 Å². The third kappa shape index (κ3) is 5.57. The third-order valence-electron chi connectivity index (χ3n) is 8.52. The maximum atomic E-state index is 14.0.